The van der Waals surface area contributed by atoms with Crippen molar-refractivity contribution in [1.82, 2.24) is 20.1 Å². The van der Waals surface area contributed by atoms with E-state index in [0.29, 0.717) is 12.6 Å². The van der Waals surface area contributed by atoms with E-state index in [-0.39, 0.29) is 6.03 Å². The van der Waals surface area contributed by atoms with E-state index < -0.39 is 0 Å². The van der Waals surface area contributed by atoms with Gasteiger partial charge in [-0.1, -0.05) is 0 Å². The molecule has 0 bridgehead atoms. The van der Waals surface area contributed by atoms with E-state index >= 15 is 0 Å². The van der Waals surface area contributed by atoms with Gasteiger partial charge in [-0.15, -0.1) is 11.3 Å². The average Bonchev–Trinajstić information content (AvgIpc) is 2.99. The number of nitrogens with zero attached hydrogens (tertiary/aromatic N) is 3. The fourth-order valence-electron chi connectivity index (χ4n) is 2.88. The van der Waals surface area contributed by atoms with Crippen LogP contribution in [0.15, 0.2) is 5.38 Å². The van der Waals surface area contributed by atoms with Gasteiger partial charge < -0.3 is 15.1 Å². The van der Waals surface area contributed by atoms with E-state index in [2.05, 4.69) is 20.6 Å². The molecule has 1 aromatic rings. The smallest absolute Gasteiger partial charge is 0.320 e. The molecule has 19 heavy (non-hydrogen) atoms. The Hall–Kier alpha value is -1.14. The molecule has 2 aliphatic heterocycles. The summed E-state index contributed by atoms with van der Waals surface area (Å²) in [6, 6.07) is 0.619. The third kappa shape index (κ3) is 2.74. The number of piperidine rings is 1. The van der Waals surface area contributed by atoms with Crippen LogP contribution in [0.4, 0.5) is 4.79 Å². The molecule has 0 unspecified atom stereocenters. The van der Waals surface area contributed by atoms with Crippen LogP contribution in [-0.4, -0.2) is 53.0 Å². The Morgan fingerprint density at radius 3 is 2.89 bits per heavy atom. The van der Waals surface area contributed by atoms with Crippen LogP contribution in [0.25, 0.3) is 0 Å². The molecule has 3 rings (SSSR count). The number of hydrogen-bond donors (Lipinski definition) is 1. The van der Waals surface area contributed by atoms with Crippen molar-refractivity contribution in [3.8, 4) is 0 Å². The zero-order chi connectivity index (χ0) is 13.2. The van der Waals surface area contributed by atoms with E-state index in [4.69, 9.17) is 0 Å². The maximum absolute atomic E-state index is 12.4. The number of urea groups is 1. The molecule has 6 heteroatoms. The number of aromatic nitrogens is 1. The van der Waals surface area contributed by atoms with Gasteiger partial charge in [-0.25, -0.2) is 9.78 Å². The Morgan fingerprint density at radius 1 is 1.42 bits per heavy atom. The first-order valence-corrected chi connectivity index (χ1v) is 7.79. The quantitative estimate of drug-likeness (QED) is 0.911. The summed E-state index contributed by atoms with van der Waals surface area (Å²) in [5.41, 5.74) is 1.02. The summed E-state index contributed by atoms with van der Waals surface area (Å²) in [5.74, 6) is 0. The van der Waals surface area contributed by atoms with Gasteiger partial charge >= 0.3 is 6.03 Å². The maximum atomic E-state index is 12.4. The molecule has 0 atom stereocenters. The van der Waals surface area contributed by atoms with E-state index in [1.807, 2.05) is 11.8 Å². The van der Waals surface area contributed by atoms with Gasteiger partial charge in [-0.05, 0) is 32.9 Å². The van der Waals surface area contributed by atoms with Crippen molar-refractivity contribution in [2.45, 2.75) is 32.4 Å². The maximum Gasteiger partial charge on any atom is 0.320 e. The lowest BCUT2D eigenvalue weighted by Gasteiger charge is -2.31. The van der Waals surface area contributed by atoms with Crippen LogP contribution in [0.3, 0.4) is 0 Å². The SMILES string of the molecule is Cc1nc(CN2CCN(C3CCNCC3)C2=O)cs1. The van der Waals surface area contributed by atoms with Gasteiger partial charge in [0, 0.05) is 24.5 Å². The van der Waals surface area contributed by atoms with Crippen molar-refractivity contribution in [2.75, 3.05) is 26.2 Å². The van der Waals surface area contributed by atoms with Gasteiger partial charge in [0.15, 0.2) is 0 Å². The Labute approximate surface area is 117 Å². The molecule has 1 N–H and O–H groups in total. The van der Waals surface area contributed by atoms with Crippen molar-refractivity contribution >= 4 is 17.4 Å². The number of carbonyl (C=O) groups is 1. The monoisotopic (exact) mass is 280 g/mol. The minimum absolute atomic E-state index is 0.192. The fourth-order valence-corrected chi connectivity index (χ4v) is 3.49. The van der Waals surface area contributed by atoms with Crippen LogP contribution in [0.1, 0.15) is 23.5 Å². The highest BCUT2D eigenvalue weighted by Gasteiger charge is 2.34. The molecule has 0 aromatic carbocycles. The summed E-state index contributed by atoms with van der Waals surface area (Å²) in [6.07, 6.45) is 2.16. The van der Waals surface area contributed by atoms with E-state index in [0.717, 1.165) is 49.7 Å². The van der Waals surface area contributed by atoms with Crippen molar-refractivity contribution < 1.29 is 4.79 Å². The second kappa shape index (κ2) is 5.46. The molecular weight excluding hydrogens is 260 g/mol. The third-order valence-corrected chi connectivity index (χ3v) is 4.72. The molecule has 0 spiro atoms. The van der Waals surface area contributed by atoms with Gasteiger partial charge in [0.1, 0.15) is 0 Å². The van der Waals surface area contributed by atoms with Crippen molar-refractivity contribution in [3.63, 3.8) is 0 Å². The summed E-state index contributed by atoms with van der Waals surface area (Å²) in [4.78, 5) is 20.8. The van der Waals surface area contributed by atoms with Crippen LogP contribution in [0.5, 0.6) is 0 Å². The third-order valence-electron chi connectivity index (χ3n) is 3.90. The Morgan fingerprint density at radius 2 is 2.21 bits per heavy atom. The molecule has 1 aromatic heterocycles. The van der Waals surface area contributed by atoms with Crippen LogP contribution in [0, 0.1) is 6.92 Å². The lowest BCUT2D eigenvalue weighted by Crippen LogP contribution is -2.45. The minimum atomic E-state index is 0.192. The van der Waals surface area contributed by atoms with Crippen LogP contribution >= 0.6 is 11.3 Å². The minimum Gasteiger partial charge on any atom is -0.320 e. The largest absolute Gasteiger partial charge is 0.320 e. The van der Waals surface area contributed by atoms with E-state index in [9.17, 15) is 4.79 Å². The first-order chi connectivity index (χ1) is 9.24. The molecule has 0 radical (unpaired) electrons. The van der Waals surface area contributed by atoms with Crippen molar-refractivity contribution in [3.05, 3.63) is 16.1 Å². The number of hydrogen-bond acceptors (Lipinski definition) is 4. The topological polar surface area (TPSA) is 48.5 Å². The fraction of sp³-hybridized carbons (Fsp3) is 0.692. The molecule has 2 amide bonds. The summed E-state index contributed by atoms with van der Waals surface area (Å²) < 4.78 is 0. The van der Waals surface area contributed by atoms with Gasteiger partial charge in [0.2, 0.25) is 0 Å². The highest BCUT2D eigenvalue weighted by Crippen LogP contribution is 2.20. The molecule has 5 nitrogen and oxygen atoms in total. The second-order valence-electron chi connectivity index (χ2n) is 5.24. The summed E-state index contributed by atoms with van der Waals surface area (Å²) in [7, 11) is 0. The number of nitrogens with one attached hydrogen (secondary N) is 1. The standard InChI is InChI=1S/C13H20N4OS/c1-10-15-11(9-19-10)8-16-6-7-17(13(16)18)12-2-4-14-5-3-12/h9,12,14H,2-8H2,1H3. The number of amides is 2. The first kappa shape index (κ1) is 12.9. The zero-order valence-corrected chi connectivity index (χ0v) is 12.1. The van der Waals surface area contributed by atoms with Crippen molar-refractivity contribution in [1.29, 1.82) is 0 Å². The Balaban J connectivity index is 1.61. The zero-order valence-electron chi connectivity index (χ0n) is 11.3. The molecular formula is C13H20N4OS. The average molecular weight is 280 g/mol. The van der Waals surface area contributed by atoms with Crippen LogP contribution in [0.2, 0.25) is 0 Å². The molecule has 0 saturated carbocycles. The normalized spacial score (nSPS) is 21.4. The number of carbonyl (C=O) groups excluding carboxylic acids is 1. The summed E-state index contributed by atoms with van der Waals surface area (Å²) >= 11 is 1.65. The van der Waals surface area contributed by atoms with Crippen molar-refractivity contribution in [2.24, 2.45) is 0 Å². The van der Waals surface area contributed by atoms with Crippen LogP contribution in [-0.2, 0) is 6.54 Å². The molecule has 3 heterocycles. The van der Waals surface area contributed by atoms with E-state index in [1.54, 1.807) is 11.3 Å². The summed E-state index contributed by atoms with van der Waals surface area (Å²) in [6.45, 7) is 6.41. The molecule has 0 aliphatic carbocycles. The second-order valence-corrected chi connectivity index (χ2v) is 6.30. The van der Waals surface area contributed by atoms with Gasteiger partial charge in [-0.3, -0.25) is 0 Å². The molecule has 2 fully saturated rings. The molecule has 2 saturated heterocycles. The lowest BCUT2D eigenvalue weighted by atomic mass is 10.1. The van der Waals surface area contributed by atoms with E-state index in [1.165, 1.54) is 0 Å². The van der Waals surface area contributed by atoms with Gasteiger partial charge in [0.05, 0.1) is 17.2 Å². The summed E-state index contributed by atoms with van der Waals surface area (Å²) in [5, 5.41) is 6.46. The lowest BCUT2D eigenvalue weighted by molar-refractivity contribution is 0.164. The van der Waals surface area contributed by atoms with Crippen LogP contribution < -0.4 is 5.32 Å². The number of thiazole rings is 1. The number of aryl methyl sites for hydroxylation is 1. The predicted molar refractivity (Wildman–Crippen MR) is 75.3 cm³/mol. The Bertz CT molecular complexity index is 455. The van der Waals surface area contributed by atoms with Gasteiger partial charge in [0.25, 0.3) is 0 Å². The van der Waals surface area contributed by atoms with Gasteiger partial charge in [-0.2, -0.15) is 0 Å². The molecule has 104 valence electrons. The predicted octanol–water partition coefficient (Wildman–Crippen LogP) is 1.44. The first-order valence-electron chi connectivity index (χ1n) is 6.91. The Kier molecular flexibility index (Phi) is 3.70. The highest BCUT2D eigenvalue weighted by molar-refractivity contribution is 7.09. The molecule has 2 aliphatic rings. The number of rotatable bonds is 3. The highest BCUT2D eigenvalue weighted by atomic mass is 32.1.